The highest BCUT2D eigenvalue weighted by molar-refractivity contribution is 6.53. The lowest BCUT2D eigenvalue weighted by atomic mass is 10.0. The number of Topliss-reactive ketones (excluding diaryl/α,β-unsaturated/α-hetero) is 1. The zero-order valence-corrected chi connectivity index (χ0v) is 21.2. The van der Waals surface area contributed by atoms with E-state index in [1.54, 1.807) is 18.2 Å². The maximum atomic E-state index is 14.1. The van der Waals surface area contributed by atoms with E-state index >= 15 is 0 Å². The zero-order valence-electron chi connectivity index (χ0n) is 17.4. The second-order valence-corrected chi connectivity index (χ2v) is 10.7. The summed E-state index contributed by atoms with van der Waals surface area (Å²) in [4.78, 5) is 25.7. The molecule has 3 aromatic rings. The van der Waals surface area contributed by atoms with E-state index in [1.165, 1.54) is 18.2 Å². The molecule has 0 saturated heterocycles. The zero-order chi connectivity index (χ0) is 25.7. The Morgan fingerprint density at radius 1 is 0.971 bits per heavy atom. The van der Waals surface area contributed by atoms with Gasteiger partial charge in [0.15, 0.2) is 23.2 Å². The highest BCUT2D eigenvalue weighted by Crippen LogP contribution is 2.65. The number of aromatic hydroxyl groups is 1. The van der Waals surface area contributed by atoms with Crippen molar-refractivity contribution >= 4 is 75.4 Å². The minimum absolute atomic E-state index is 0.00957. The molecule has 0 bridgehead atoms. The van der Waals surface area contributed by atoms with Gasteiger partial charge in [0.25, 0.3) is 0 Å². The monoisotopic (exact) mass is 577 g/mol. The number of ketones is 1. The second kappa shape index (κ2) is 9.75. The van der Waals surface area contributed by atoms with Crippen LogP contribution in [-0.2, 0) is 11.2 Å². The van der Waals surface area contributed by atoms with Crippen molar-refractivity contribution in [2.75, 3.05) is 5.32 Å². The number of benzene rings is 3. The first kappa shape index (κ1) is 26.0. The highest BCUT2D eigenvalue weighted by Gasteiger charge is 2.67. The van der Waals surface area contributed by atoms with Gasteiger partial charge in [-0.05, 0) is 53.6 Å². The number of hydrogen-bond acceptors (Lipinski definition) is 3. The van der Waals surface area contributed by atoms with Crippen LogP contribution in [0.1, 0.15) is 27.4 Å². The molecule has 4 rings (SSSR count). The predicted octanol–water partition coefficient (Wildman–Crippen LogP) is 7.58. The van der Waals surface area contributed by atoms with E-state index in [4.69, 9.17) is 58.0 Å². The van der Waals surface area contributed by atoms with Crippen molar-refractivity contribution in [2.24, 2.45) is 5.92 Å². The van der Waals surface area contributed by atoms with Crippen molar-refractivity contribution in [1.82, 2.24) is 0 Å². The van der Waals surface area contributed by atoms with Crippen molar-refractivity contribution in [3.8, 4) is 5.75 Å². The van der Waals surface area contributed by atoms with E-state index in [9.17, 15) is 23.5 Å². The molecule has 3 aromatic carbocycles. The number of phenols is 1. The Balaban J connectivity index is 1.52. The number of carbonyl (C=O) groups excluding carboxylic acids is 2. The van der Waals surface area contributed by atoms with Crippen LogP contribution in [0.4, 0.5) is 14.5 Å². The summed E-state index contributed by atoms with van der Waals surface area (Å²) < 4.78 is 26.0. The van der Waals surface area contributed by atoms with Gasteiger partial charge in [0.1, 0.15) is 4.33 Å². The first-order valence-electron chi connectivity index (χ1n) is 10.0. The van der Waals surface area contributed by atoms with Crippen LogP contribution in [0.25, 0.3) is 0 Å². The number of phenolic OH excluding ortho intramolecular Hbond substituents is 1. The lowest BCUT2D eigenvalue weighted by Gasteiger charge is -2.10. The van der Waals surface area contributed by atoms with Crippen LogP contribution in [0.3, 0.4) is 0 Å². The first-order chi connectivity index (χ1) is 16.4. The number of halogens is 7. The van der Waals surface area contributed by atoms with Gasteiger partial charge in [-0.1, -0.05) is 40.9 Å². The normalized spacial score (nSPS) is 18.3. The fraction of sp³-hybridized carbons (Fsp3) is 0.167. The number of anilines is 1. The van der Waals surface area contributed by atoms with E-state index < -0.39 is 51.7 Å². The SMILES string of the molecule is O=C(Cc1ccc(F)c(O)c1F)c1cc(NC(=O)C2C(c3cc(Cl)cc(Cl)c3)C2(Cl)Cl)ccc1Cl. The number of amides is 1. The molecule has 1 aliphatic carbocycles. The van der Waals surface area contributed by atoms with Crippen LogP contribution in [0.2, 0.25) is 15.1 Å². The Hall–Kier alpha value is -2.09. The molecule has 2 unspecified atom stereocenters. The summed E-state index contributed by atoms with van der Waals surface area (Å²) >= 11 is 31.0. The van der Waals surface area contributed by atoms with Crippen LogP contribution in [0.15, 0.2) is 48.5 Å². The quantitative estimate of drug-likeness (QED) is 0.234. The van der Waals surface area contributed by atoms with Crippen LogP contribution in [0.5, 0.6) is 5.75 Å². The van der Waals surface area contributed by atoms with Crippen molar-refractivity contribution in [2.45, 2.75) is 16.7 Å². The molecule has 1 fully saturated rings. The van der Waals surface area contributed by atoms with E-state index in [1.807, 2.05) is 0 Å². The van der Waals surface area contributed by atoms with Gasteiger partial charge in [0.2, 0.25) is 5.91 Å². The third kappa shape index (κ3) is 5.23. The molecule has 0 aromatic heterocycles. The highest BCUT2D eigenvalue weighted by atomic mass is 35.5. The third-order valence-corrected chi connectivity index (χ3v) is 7.32. The molecule has 0 heterocycles. The van der Waals surface area contributed by atoms with Crippen molar-refractivity contribution in [3.63, 3.8) is 0 Å². The molecule has 0 radical (unpaired) electrons. The molecule has 0 aliphatic heterocycles. The summed E-state index contributed by atoms with van der Waals surface area (Å²) in [6.07, 6.45) is -0.497. The van der Waals surface area contributed by atoms with Crippen molar-refractivity contribution in [3.05, 3.63) is 91.9 Å². The first-order valence-corrected chi connectivity index (χ1v) is 11.9. The average Bonchev–Trinajstić information content (AvgIpc) is 3.36. The van der Waals surface area contributed by atoms with Gasteiger partial charge in [-0.2, -0.15) is 0 Å². The maximum Gasteiger partial charge on any atom is 0.231 e. The Bertz CT molecular complexity index is 1340. The lowest BCUT2D eigenvalue weighted by Crippen LogP contribution is -2.17. The van der Waals surface area contributed by atoms with E-state index in [2.05, 4.69) is 5.32 Å². The van der Waals surface area contributed by atoms with Gasteiger partial charge >= 0.3 is 0 Å². The number of alkyl halides is 2. The Morgan fingerprint density at radius 3 is 2.29 bits per heavy atom. The molecule has 4 nitrogen and oxygen atoms in total. The summed E-state index contributed by atoms with van der Waals surface area (Å²) in [5.74, 6) is -6.07. The van der Waals surface area contributed by atoms with Gasteiger partial charge in [0.05, 0.1) is 10.9 Å². The minimum atomic E-state index is -1.40. The Kier molecular flexibility index (Phi) is 7.24. The molecule has 2 atom stereocenters. The van der Waals surface area contributed by atoms with E-state index in [-0.39, 0.29) is 21.8 Å². The van der Waals surface area contributed by atoms with Crippen LogP contribution < -0.4 is 5.32 Å². The summed E-state index contributed by atoms with van der Waals surface area (Å²) in [5.41, 5.74) is 0.604. The van der Waals surface area contributed by atoms with Gasteiger partial charge in [-0.25, -0.2) is 8.78 Å². The summed E-state index contributed by atoms with van der Waals surface area (Å²) in [5, 5.41) is 12.9. The average molecular weight is 580 g/mol. The van der Waals surface area contributed by atoms with Gasteiger partial charge in [0, 0.05) is 33.6 Å². The largest absolute Gasteiger partial charge is 0.503 e. The molecule has 182 valence electrons. The molecular weight excluding hydrogens is 566 g/mol. The number of nitrogens with one attached hydrogen (secondary N) is 1. The molecular formula is C24H14Cl5F2NO3. The minimum Gasteiger partial charge on any atom is -0.503 e. The maximum absolute atomic E-state index is 14.1. The van der Waals surface area contributed by atoms with Crippen LogP contribution in [-0.4, -0.2) is 21.1 Å². The summed E-state index contributed by atoms with van der Waals surface area (Å²) in [6, 6.07) is 10.9. The van der Waals surface area contributed by atoms with Crippen LogP contribution in [0, 0.1) is 17.6 Å². The topological polar surface area (TPSA) is 66.4 Å². The van der Waals surface area contributed by atoms with Crippen molar-refractivity contribution < 1.29 is 23.5 Å². The van der Waals surface area contributed by atoms with E-state index in [0.717, 1.165) is 12.1 Å². The smallest absolute Gasteiger partial charge is 0.231 e. The molecule has 1 amide bonds. The third-order valence-electron chi connectivity index (χ3n) is 5.61. The van der Waals surface area contributed by atoms with Gasteiger partial charge in [-0.3, -0.25) is 9.59 Å². The van der Waals surface area contributed by atoms with Gasteiger partial charge in [-0.15, -0.1) is 23.2 Å². The fourth-order valence-electron chi connectivity index (χ4n) is 3.85. The van der Waals surface area contributed by atoms with E-state index in [0.29, 0.717) is 15.6 Å². The lowest BCUT2D eigenvalue weighted by molar-refractivity contribution is -0.117. The van der Waals surface area contributed by atoms with Gasteiger partial charge < -0.3 is 10.4 Å². The second-order valence-electron chi connectivity index (χ2n) is 7.99. The predicted molar refractivity (Wildman–Crippen MR) is 133 cm³/mol. The summed E-state index contributed by atoms with van der Waals surface area (Å²) in [6.45, 7) is 0. The molecule has 1 aliphatic rings. The van der Waals surface area contributed by atoms with Crippen LogP contribution >= 0.6 is 58.0 Å². The standard InChI is InChI=1S/C24H14Cl5F2NO3/c25-12-5-11(6-13(26)8-12)19-20(24(19,28)29)23(35)32-14-2-3-16(27)15(9-14)18(33)7-10-1-4-17(30)22(34)21(10)31/h1-6,8-9,19-20,34H,7H2,(H,32,35). The molecule has 35 heavy (non-hydrogen) atoms. The number of rotatable bonds is 6. The Labute approximate surface area is 223 Å². The number of hydrogen-bond donors (Lipinski definition) is 2. The molecule has 11 heteroatoms. The molecule has 1 saturated carbocycles. The van der Waals surface area contributed by atoms with Crippen molar-refractivity contribution in [1.29, 1.82) is 0 Å². The fourth-order valence-corrected chi connectivity index (χ4v) is 5.44. The molecule has 2 N–H and O–H groups in total. The Morgan fingerprint density at radius 2 is 1.63 bits per heavy atom. The molecule has 0 spiro atoms. The number of carbonyl (C=O) groups is 2. The summed E-state index contributed by atoms with van der Waals surface area (Å²) in [7, 11) is 0.